The summed E-state index contributed by atoms with van der Waals surface area (Å²) in [5.74, 6) is 0. The van der Waals surface area contributed by atoms with Crippen LogP contribution in [0.15, 0.2) is 11.6 Å². The molecule has 5 heteroatoms. The van der Waals surface area contributed by atoms with Gasteiger partial charge in [-0.1, -0.05) is 18.2 Å². The molecule has 0 unspecified atom stereocenters. The quantitative estimate of drug-likeness (QED) is 0.765. The molecule has 0 fully saturated rings. The van der Waals surface area contributed by atoms with Crippen LogP contribution in [0.25, 0.3) is 0 Å². The van der Waals surface area contributed by atoms with Gasteiger partial charge >= 0.3 is 6.09 Å². The molecule has 1 N–H and O–H groups in total. The number of carbonyl (C=O) groups excluding carboxylic acids is 1. The molecule has 4 nitrogen and oxygen atoms in total. The van der Waals surface area contributed by atoms with Crippen molar-refractivity contribution in [1.29, 1.82) is 5.26 Å². The molecule has 0 aromatic rings. The van der Waals surface area contributed by atoms with Crippen molar-refractivity contribution in [3.63, 3.8) is 0 Å². The van der Waals surface area contributed by atoms with Crippen LogP contribution in [0.1, 0.15) is 13.8 Å². The van der Waals surface area contributed by atoms with E-state index in [1.165, 1.54) is 6.92 Å². The molecule has 0 saturated heterocycles. The maximum absolute atomic E-state index is 10.5. The van der Waals surface area contributed by atoms with Crippen molar-refractivity contribution in [3.05, 3.63) is 11.6 Å². The van der Waals surface area contributed by atoms with E-state index in [0.717, 1.165) is 0 Å². The number of hydrogen-bond donors (Lipinski definition) is 1. The molecular weight excluding hydrogens is 192 g/mol. The Morgan fingerprint density at radius 1 is 1.77 bits per heavy atom. The number of alkyl carbamates (subject to hydrolysis) is 1. The monoisotopic (exact) mass is 204 g/mol. The molecule has 0 aliphatic heterocycles. The zero-order valence-electron chi connectivity index (χ0n) is 7.76. The first-order chi connectivity index (χ1) is 6.08. The van der Waals surface area contributed by atoms with Gasteiger partial charge in [0.1, 0.15) is 0 Å². The maximum atomic E-state index is 10.5. The summed E-state index contributed by atoms with van der Waals surface area (Å²) in [6.45, 7) is 7.16. The van der Waals surface area contributed by atoms with E-state index in [1.807, 2.05) is 0 Å². The minimum Gasteiger partial charge on any atom is -0.450 e. The number of nitrogens with zero attached hydrogens (tertiary/aromatic N) is 1. The molecule has 0 spiro atoms. The van der Waals surface area contributed by atoms with Crippen LogP contribution < -0.4 is 5.32 Å². The molecule has 13 heavy (non-hydrogen) atoms. The Bertz CT molecular complexity index is 199. The lowest BCUT2D eigenvalue weighted by Crippen LogP contribution is -2.25. The molecule has 1 amide bonds. The van der Waals surface area contributed by atoms with Gasteiger partial charge in [0.05, 0.1) is 19.2 Å². The summed E-state index contributed by atoms with van der Waals surface area (Å²) >= 11 is 5.36. The zero-order valence-corrected chi connectivity index (χ0v) is 8.52. The van der Waals surface area contributed by atoms with E-state index < -0.39 is 6.09 Å². The number of hydrogen-bond acceptors (Lipinski definition) is 3. The number of nitrogens with one attached hydrogen (secondary N) is 1. The van der Waals surface area contributed by atoms with Crippen molar-refractivity contribution in [2.75, 3.05) is 13.2 Å². The van der Waals surface area contributed by atoms with Gasteiger partial charge in [-0.15, -0.1) is 0 Å². The van der Waals surface area contributed by atoms with Gasteiger partial charge in [-0.05, 0) is 6.92 Å². The summed E-state index contributed by atoms with van der Waals surface area (Å²) in [5, 5.41) is 10.1. The predicted molar refractivity (Wildman–Crippen MR) is 51.3 cm³/mol. The van der Waals surface area contributed by atoms with Crippen molar-refractivity contribution < 1.29 is 9.53 Å². The predicted octanol–water partition coefficient (Wildman–Crippen LogP) is 2.01. The third kappa shape index (κ3) is 18.1. The molecule has 74 valence electrons. The van der Waals surface area contributed by atoms with E-state index in [2.05, 4.69) is 16.6 Å². The van der Waals surface area contributed by atoms with Crippen molar-refractivity contribution in [2.45, 2.75) is 13.8 Å². The second-order valence-electron chi connectivity index (χ2n) is 1.81. The number of ether oxygens (including phenoxy) is 1. The first kappa shape index (κ1) is 14.3. The Hall–Kier alpha value is -1.21. The number of rotatable bonds is 3. The van der Waals surface area contributed by atoms with E-state index in [1.54, 1.807) is 13.0 Å². The first-order valence-corrected chi connectivity index (χ1v) is 4.01. The van der Waals surface area contributed by atoms with Gasteiger partial charge in [-0.25, -0.2) is 4.79 Å². The summed E-state index contributed by atoms with van der Waals surface area (Å²) in [7, 11) is 0. The van der Waals surface area contributed by atoms with E-state index in [0.29, 0.717) is 11.6 Å². The van der Waals surface area contributed by atoms with Crippen molar-refractivity contribution in [2.24, 2.45) is 0 Å². The van der Waals surface area contributed by atoms with E-state index in [-0.39, 0.29) is 6.54 Å². The molecule has 0 aliphatic rings. The highest BCUT2D eigenvalue weighted by Crippen LogP contribution is 1.92. The van der Waals surface area contributed by atoms with Crippen LogP contribution in [-0.4, -0.2) is 19.2 Å². The minimum atomic E-state index is -0.468. The standard InChI is InChI=1S/C6H10ClNO2.C2H3N/c1-3-10-6(9)8-4-5(2)7;1-2-3/h2-4H2,1H3,(H,8,9);1H3. The van der Waals surface area contributed by atoms with Crippen LogP contribution in [0.2, 0.25) is 0 Å². The molecular formula is C8H13ClN2O2. The van der Waals surface area contributed by atoms with Crippen molar-refractivity contribution >= 4 is 17.7 Å². The fraction of sp³-hybridized carbons (Fsp3) is 0.500. The highest BCUT2D eigenvalue weighted by atomic mass is 35.5. The summed E-state index contributed by atoms with van der Waals surface area (Å²) in [5.41, 5.74) is 0. The Kier molecular flexibility index (Phi) is 11.9. The Morgan fingerprint density at radius 2 is 2.23 bits per heavy atom. The van der Waals surface area contributed by atoms with E-state index >= 15 is 0 Å². The fourth-order valence-electron chi connectivity index (χ4n) is 0.350. The van der Waals surface area contributed by atoms with Gasteiger partial charge < -0.3 is 10.1 Å². The van der Waals surface area contributed by atoms with Gasteiger partial charge in [0, 0.05) is 12.0 Å². The van der Waals surface area contributed by atoms with Gasteiger partial charge in [-0.2, -0.15) is 5.26 Å². The molecule has 0 aromatic heterocycles. The van der Waals surface area contributed by atoms with Gasteiger partial charge in [0.2, 0.25) is 0 Å². The SMILES string of the molecule is C=C(Cl)CNC(=O)OCC.CC#N. The molecule has 0 rings (SSSR count). The molecule has 0 saturated carbocycles. The zero-order chi connectivity index (χ0) is 10.7. The highest BCUT2D eigenvalue weighted by molar-refractivity contribution is 6.29. The van der Waals surface area contributed by atoms with E-state index in [4.69, 9.17) is 16.9 Å². The normalized spacial score (nSPS) is 7.23. The van der Waals surface area contributed by atoms with Crippen LogP contribution >= 0.6 is 11.6 Å². The first-order valence-electron chi connectivity index (χ1n) is 3.63. The third-order valence-electron chi connectivity index (χ3n) is 0.700. The molecule has 0 radical (unpaired) electrons. The number of halogens is 1. The number of amides is 1. The van der Waals surface area contributed by atoms with Crippen LogP contribution in [0.3, 0.4) is 0 Å². The summed E-state index contributed by atoms with van der Waals surface area (Å²) in [4.78, 5) is 10.5. The highest BCUT2D eigenvalue weighted by Gasteiger charge is 1.97. The third-order valence-corrected chi connectivity index (χ3v) is 0.834. The van der Waals surface area contributed by atoms with Crippen LogP contribution in [0, 0.1) is 11.3 Å². The molecule has 0 atom stereocenters. The Labute approximate surface area is 83.1 Å². The molecule has 0 bridgehead atoms. The average molecular weight is 205 g/mol. The Morgan fingerprint density at radius 3 is 2.54 bits per heavy atom. The molecule has 0 heterocycles. The number of carbonyl (C=O) groups is 1. The van der Waals surface area contributed by atoms with Crippen molar-refractivity contribution in [3.8, 4) is 6.07 Å². The lowest BCUT2D eigenvalue weighted by atomic mass is 10.6. The minimum absolute atomic E-state index is 0.250. The van der Waals surface area contributed by atoms with Crippen LogP contribution in [0.4, 0.5) is 4.79 Å². The number of nitriles is 1. The topological polar surface area (TPSA) is 62.1 Å². The maximum Gasteiger partial charge on any atom is 0.407 e. The van der Waals surface area contributed by atoms with Crippen LogP contribution in [-0.2, 0) is 4.74 Å². The second kappa shape index (κ2) is 10.8. The smallest absolute Gasteiger partial charge is 0.407 e. The second-order valence-corrected chi connectivity index (χ2v) is 2.35. The lowest BCUT2D eigenvalue weighted by molar-refractivity contribution is 0.153. The van der Waals surface area contributed by atoms with Gasteiger partial charge in [0.15, 0.2) is 0 Å². The summed E-state index contributed by atoms with van der Waals surface area (Å²) < 4.78 is 4.54. The van der Waals surface area contributed by atoms with Gasteiger partial charge in [-0.3, -0.25) is 0 Å². The lowest BCUT2D eigenvalue weighted by Gasteiger charge is -2.02. The average Bonchev–Trinajstić information content (AvgIpc) is 2.03. The van der Waals surface area contributed by atoms with Crippen LogP contribution in [0.5, 0.6) is 0 Å². The van der Waals surface area contributed by atoms with Crippen molar-refractivity contribution in [1.82, 2.24) is 5.32 Å². The summed E-state index contributed by atoms with van der Waals surface area (Å²) in [6, 6.07) is 1.75. The molecule has 0 aromatic carbocycles. The largest absolute Gasteiger partial charge is 0.450 e. The molecule has 0 aliphatic carbocycles. The van der Waals surface area contributed by atoms with Gasteiger partial charge in [0.25, 0.3) is 0 Å². The fourth-order valence-corrected chi connectivity index (χ4v) is 0.417. The van der Waals surface area contributed by atoms with E-state index in [9.17, 15) is 4.79 Å². The summed E-state index contributed by atoms with van der Waals surface area (Å²) in [6.07, 6.45) is -0.468. The Balaban J connectivity index is 0.